The van der Waals surface area contributed by atoms with Crippen molar-refractivity contribution >= 4 is 38.0 Å². The van der Waals surface area contributed by atoms with Gasteiger partial charge in [-0.15, -0.1) is 0 Å². The molecule has 8 nitrogen and oxygen atoms in total. The zero-order valence-corrected chi connectivity index (χ0v) is 18.0. The summed E-state index contributed by atoms with van der Waals surface area (Å²) in [6, 6.07) is 4.34. The number of carbonyl (C=O) groups is 2. The molecule has 1 aromatic carbocycles. The molecule has 2 aliphatic rings. The molecule has 3 rings (SSSR count). The lowest BCUT2D eigenvalue weighted by Crippen LogP contribution is -2.46. The number of likely N-dealkylation sites (tertiary alicyclic amines) is 1. The van der Waals surface area contributed by atoms with Crippen LogP contribution < -0.4 is 10.0 Å². The molecule has 1 aromatic rings. The third-order valence-corrected chi connectivity index (χ3v) is 6.96. The van der Waals surface area contributed by atoms with Crippen molar-refractivity contribution in [3.8, 4) is 0 Å². The van der Waals surface area contributed by atoms with Crippen molar-refractivity contribution in [1.29, 1.82) is 0 Å². The predicted octanol–water partition coefficient (Wildman–Crippen LogP) is 2.24. The fraction of sp³-hybridized carbons (Fsp3) is 0.556. The highest BCUT2D eigenvalue weighted by Gasteiger charge is 2.29. The number of carbonyl (C=O) groups excluding carboxylic acids is 2. The van der Waals surface area contributed by atoms with Crippen molar-refractivity contribution < 1.29 is 22.7 Å². The van der Waals surface area contributed by atoms with E-state index >= 15 is 0 Å². The highest BCUT2D eigenvalue weighted by molar-refractivity contribution is 9.10. The summed E-state index contributed by atoms with van der Waals surface area (Å²) in [6.45, 7) is 3.10. The van der Waals surface area contributed by atoms with Gasteiger partial charge in [0, 0.05) is 29.6 Å². The number of nitrogens with one attached hydrogen (secondary N) is 2. The summed E-state index contributed by atoms with van der Waals surface area (Å²) < 4.78 is 32.9. The fourth-order valence-electron chi connectivity index (χ4n) is 3.02. The Bertz CT molecular complexity index is 849. The number of halogens is 1. The van der Waals surface area contributed by atoms with E-state index in [1.807, 2.05) is 0 Å². The van der Waals surface area contributed by atoms with Gasteiger partial charge in [0.05, 0.1) is 17.1 Å². The lowest BCUT2D eigenvalue weighted by Gasteiger charge is -2.31. The number of benzene rings is 1. The molecule has 10 heteroatoms. The summed E-state index contributed by atoms with van der Waals surface area (Å²) in [5.41, 5.74) is 0.270. The van der Waals surface area contributed by atoms with Crippen molar-refractivity contribution in [2.75, 3.05) is 19.7 Å². The van der Waals surface area contributed by atoms with E-state index in [2.05, 4.69) is 26.0 Å². The van der Waals surface area contributed by atoms with E-state index in [0.717, 1.165) is 12.8 Å². The first-order valence-electron chi connectivity index (χ1n) is 9.34. The minimum atomic E-state index is -3.63. The average molecular weight is 474 g/mol. The quantitative estimate of drug-likeness (QED) is 0.658. The Kier molecular flexibility index (Phi) is 6.61. The van der Waals surface area contributed by atoms with Gasteiger partial charge < -0.3 is 15.0 Å². The summed E-state index contributed by atoms with van der Waals surface area (Å²) in [7, 11) is -3.63. The van der Waals surface area contributed by atoms with Crippen molar-refractivity contribution in [1.82, 2.24) is 14.9 Å². The first-order valence-corrected chi connectivity index (χ1v) is 11.6. The fourth-order valence-corrected chi connectivity index (χ4v) is 4.78. The third kappa shape index (κ3) is 5.24. The highest BCUT2D eigenvalue weighted by atomic mass is 79.9. The smallest absolute Gasteiger partial charge is 0.409 e. The SMILES string of the molecule is CCOC(=O)N1CCC(NC(=O)c2cc(S(=O)(=O)NC3CC3)ccc2Br)CC1. The lowest BCUT2D eigenvalue weighted by atomic mass is 10.0. The molecule has 2 N–H and O–H groups in total. The van der Waals surface area contributed by atoms with Crippen molar-refractivity contribution in [3.05, 3.63) is 28.2 Å². The Morgan fingerprint density at radius 3 is 2.46 bits per heavy atom. The Labute approximate surface area is 173 Å². The van der Waals surface area contributed by atoms with Crippen LogP contribution in [0.5, 0.6) is 0 Å². The molecule has 1 aliphatic heterocycles. The first kappa shape index (κ1) is 21.1. The second-order valence-electron chi connectivity index (χ2n) is 6.97. The molecular formula is C18H24BrN3O5S. The summed E-state index contributed by atoms with van der Waals surface area (Å²) in [5.74, 6) is -0.343. The number of piperidine rings is 1. The molecule has 28 heavy (non-hydrogen) atoms. The topological polar surface area (TPSA) is 105 Å². The number of ether oxygens (including phenoxy) is 1. The normalized spacial score (nSPS) is 18.0. The molecular weight excluding hydrogens is 450 g/mol. The molecule has 0 aromatic heterocycles. The largest absolute Gasteiger partial charge is 0.450 e. The Balaban J connectivity index is 1.63. The Morgan fingerprint density at radius 1 is 1.18 bits per heavy atom. The molecule has 0 atom stereocenters. The predicted molar refractivity (Wildman–Crippen MR) is 107 cm³/mol. The summed E-state index contributed by atoms with van der Waals surface area (Å²) >= 11 is 3.33. The van der Waals surface area contributed by atoms with E-state index < -0.39 is 10.0 Å². The number of amides is 2. The van der Waals surface area contributed by atoms with E-state index in [1.165, 1.54) is 12.1 Å². The van der Waals surface area contributed by atoms with Crippen molar-refractivity contribution in [2.24, 2.45) is 0 Å². The van der Waals surface area contributed by atoms with Crippen LogP contribution in [0.4, 0.5) is 4.79 Å². The molecule has 1 saturated heterocycles. The second kappa shape index (κ2) is 8.79. The number of rotatable bonds is 6. The van der Waals surface area contributed by atoms with Crippen LogP contribution >= 0.6 is 15.9 Å². The molecule has 0 radical (unpaired) electrons. The first-order chi connectivity index (χ1) is 13.3. The molecule has 2 fully saturated rings. The molecule has 0 spiro atoms. The van der Waals surface area contributed by atoms with Gasteiger partial charge in [-0.05, 0) is 66.7 Å². The zero-order chi connectivity index (χ0) is 20.3. The van der Waals surface area contributed by atoms with Crippen LogP contribution in [0.3, 0.4) is 0 Å². The average Bonchev–Trinajstić information content (AvgIpc) is 3.46. The molecule has 154 valence electrons. The standard InChI is InChI=1S/C18H24BrN3O5S/c1-2-27-18(24)22-9-7-12(8-10-22)20-17(23)15-11-14(5-6-16(15)19)28(25,26)21-13-3-4-13/h5-6,11-13,21H,2-4,7-10H2,1H3,(H,20,23). The minimum absolute atomic E-state index is 0.00416. The molecule has 0 bridgehead atoms. The van der Waals surface area contributed by atoms with Crippen LogP contribution in [0, 0.1) is 0 Å². The van der Waals surface area contributed by atoms with Gasteiger partial charge in [-0.2, -0.15) is 0 Å². The van der Waals surface area contributed by atoms with Gasteiger partial charge in [0.1, 0.15) is 0 Å². The summed E-state index contributed by atoms with van der Waals surface area (Å²) in [5, 5.41) is 2.94. The van der Waals surface area contributed by atoms with Gasteiger partial charge in [0.15, 0.2) is 0 Å². The molecule has 0 unspecified atom stereocenters. The minimum Gasteiger partial charge on any atom is -0.450 e. The number of sulfonamides is 1. The zero-order valence-electron chi connectivity index (χ0n) is 15.6. The van der Waals surface area contributed by atoms with Gasteiger partial charge in [0.2, 0.25) is 10.0 Å². The Morgan fingerprint density at radius 2 is 1.86 bits per heavy atom. The van der Waals surface area contributed by atoms with Crippen LogP contribution in [0.25, 0.3) is 0 Å². The maximum atomic E-state index is 12.7. The molecule has 2 amide bonds. The van der Waals surface area contributed by atoms with E-state index in [9.17, 15) is 18.0 Å². The van der Waals surface area contributed by atoms with E-state index in [-0.39, 0.29) is 34.5 Å². The highest BCUT2D eigenvalue weighted by Crippen LogP contribution is 2.25. The lowest BCUT2D eigenvalue weighted by molar-refractivity contribution is 0.0859. The van der Waals surface area contributed by atoms with Gasteiger partial charge in [-0.1, -0.05) is 0 Å². The Hall–Kier alpha value is -1.65. The van der Waals surface area contributed by atoms with Crippen LogP contribution in [0.2, 0.25) is 0 Å². The maximum Gasteiger partial charge on any atom is 0.409 e. The third-order valence-electron chi connectivity index (χ3n) is 4.75. The molecule has 1 heterocycles. The maximum absolute atomic E-state index is 12.7. The summed E-state index contributed by atoms with van der Waals surface area (Å²) in [6.07, 6.45) is 2.57. The van der Waals surface area contributed by atoms with E-state index in [0.29, 0.717) is 37.0 Å². The van der Waals surface area contributed by atoms with Gasteiger partial charge in [0.25, 0.3) is 5.91 Å². The summed E-state index contributed by atoms with van der Waals surface area (Å²) in [4.78, 5) is 26.2. The van der Waals surface area contributed by atoms with Crippen LogP contribution in [0.15, 0.2) is 27.6 Å². The second-order valence-corrected chi connectivity index (χ2v) is 9.54. The van der Waals surface area contributed by atoms with Gasteiger partial charge in [-0.25, -0.2) is 17.9 Å². The van der Waals surface area contributed by atoms with Gasteiger partial charge >= 0.3 is 6.09 Å². The molecule has 1 saturated carbocycles. The number of hydrogen-bond acceptors (Lipinski definition) is 5. The van der Waals surface area contributed by atoms with E-state index in [4.69, 9.17) is 4.74 Å². The van der Waals surface area contributed by atoms with E-state index in [1.54, 1.807) is 17.9 Å². The van der Waals surface area contributed by atoms with Crippen molar-refractivity contribution in [2.45, 2.75) is 49.6 Å². The molecule has 1 aliphatic carbocycles. The van der Waals surface area contributed by atoms with Gasteiger partial charge in [-0.3, -0.25) is 4.79 Å². The van der Waals surface area contributed by atoms with Crippen LogP contribution in [-0.2, 0) is 14.8 Å². The number of hydrogen-bond donors (Lipinski definition) is 2. The van der Waals surface area contributed by atoms with Crippen molar-refractivity contribution in [3.63, 3.8) is 0 Å². The van der Waals surface area contributed by atoms with Crippen LogP contribution in [-0.4, -0.2) is 57.1 Å². The van der Waals surface area contributed by atoms with Crippen LogP contribution in [0.1, 0.15) is 43.0 Å². The number of nitrogens with zero attached hydrogens (tertiary/aromatic N) is 1. The monoisotopic (exact) mass is 473 g/mol.